The molecular formula is C23H22N6O2. The van der Waals surface area contributed by atoms with Crippen LogP contribution in [0.5, 0.6) is 0 Å². The van der Waals surface area contributed by atoms with Crippen LogP contribution in [0.1, 0.15) is 27.2 Å². The van der Waals surface area contributed by atoms with Crippen molar-refractivity contribution in [2.24, 2.45) is 0 Å². The molecule has 8 nitrogen and oxygen atoms in total. The van der Waals surface area contributed by atoms with Crippen LogP contribution in [-0.2, 0) is 6.54 Å². The highest BCUT2D eigenvalue weighted by molar-refractivity contribution is 6.01. The predicted molar refractivity (Wildman–Crippen MR) is 119 cm³/mol. The Hall–Kier alpha value is -4.20. The van der Waals surface area contributed by atoms with Crippen molar-refractivity contribution in [3.05, 3.63) is 89.4 Å². The van der Waals surface area contributed by atoms with E-state index in [9.17, 15) is 9.59 Å². The van der Waals surface area contributed by atoms with Crippen LogP contribution in [0.2, 0.25) is 0 Å². The first kappa shape index (κ1) is 20.1. The molecule has 4 aromatic rings. The van der Waals surface area contributed by atoms with Gasteiger partial charge < -0.3 is 16.0 Å². The molecule has 0 aliphatic heterocycles. The summed E-state index contributed by atoms with van der Waals surface area (Å²) in [6.45, 7) is 4.05. The van der Waals surface area contributed by atoms with E-state index in [1.54, 1.807) is 36.0 Å². The lowest BCUT2D eigenvalue weighted by atomic mass is 10.2. The number of amides is 3. The maximum absolute atomic E-state index is 12.7. The molecule has 2 aromatic heterocycles. The van der Waals surface area contributed by atoms with Crippen LogP contribution in [0, 0.1) is 13.8 Å². The second kappa shape index (κ2) is 8.66. The molecule has 2 aromatic carbocycles. The maximum Gasteiger partial charge on any atom is 0.323 e. The lowest BCUT2D eigenvalue weighted by Crippen LogP contribution is -2.24. The minimum Gasteiger partial charge on any atom is -0.348 e. The molecule has 8 heteroatoms. The molecule has 0 bridgehead atoms. The van der Waals surface area contributed by atoms with Crippen LogP contribution in [0.15, 0.2) is 67.0 Å². The molecule has 0 atom stereocenters. The number of carbonyl (C=O) groups excluding carboxylic acids is 2. The first-order chi connectivity index (χ1) is 15.0. The molecule has 156 valence electrons. The number of nitrogens with zero attached hydrogens (tertiary/aromatic N) is 3. The van der Waals surface area contributed by atoms with Crippen molar-refractivity contribution in [3.63, 3.8) is 0 Å². The zero-order valence-corrected chi connectivity index (χ0v) is 17.2. The van der Waals surface area contributed by atoms with Crippen LogP contribution in [-0.4, -0.2) is 26.5 Å². The second-order valence-corrected chi connectivity index (χ2v) is 7.18. The van der Waals surface area contributed by atoms with Crippen molar-refractivity contribution in [2.75, 3.05) is 10.6 Å². The van der Waals surface area contributed by atoms with E-state index in [4.69, 9.17) is 0 Å². The van der Waals surface area contributed by atoms with E-state index < -0.39 is 0 Å². The Morgan fingerprint density at radius 1 is 0.968 bits per heavy atom. The fourth-order valence-electron chi connectivity index (χ4n) is 3.31. The normalized spacial score (nSPS) is 10.6. The van der Waals surface area contributed by atoms with Gasteiger partial charge in [-0.3, -0.25) is 4.79 Å². The third-order valence-corrected chi connectivity index (χ3v) is 4.71. The minimum absolute atomic E-state index is 0.248. The van der Waals surface area contributed by atoms with Gasteiger partial charge >= 0.3 is 6.03 Å². The summed E-state index contributed by atoms with van der Waals surface area (Å²) in [5, 5.41) is 12.8. The Morgan fingerprint density at radius 2 is 1.71 bits per heavy atom. The SMILES string of the molecule is Cc1cccc(NC(=O)Nc2cccc(CNC(=O)c3c(C)nn4cccnc34)c2)c1. The number of hydrogen-bond donors (Lipinski definition) is 3. The summed E-state index contributed by atoms with van der Waals surface area (Å²) < 4.78 is 1.58. The lowest BCUT2D eigenvalue weighted by molar-refractivity contribution is 0.0951. The average Bonchev–Trinajstić information content (AvgIpc) is 3.08. The third-order valence-electron chi connectivity index (χ3n) is 4.71. The summed E-state index contributed by atoms with van der Waals surface area (Å²) in [5.41, 5.74) is 4.84. The quantitative estimate of drug-likeness (QED) is 0.461. The highest BCUT2D eigenvalue weighted by Crippen LogP contribution is 2.15. The van der Waals surface area contributed by atoms with Gasteiger partial charge in [0.2, 0.25) is 0 Å². The van der Waals surface area contributed by atoms with E-state index >= 15 is 0 Å². The van der Waals surface area contributed by atoms with Gasteiger partial charge in [-0.1, -0.05) is 24.3 Å². The summed E-state index contributed by atoms with van der Waals surface area (Å²) in [5.74, 6) is -0.248. The Labute approximate surface area is 179 Å². The molecule has 3 amide bonds. The molecule has 31 heavy (non-hydrogen) atoms. The number of aromatic nitrogens is 3. The number of benzene rings is 2. The van der Waals surface area contributed by atoms with Gasteiger partial charge in [-0.05, 0) is 55.3 Å². The van der Waals surface area contributed by atoms with Gasteiger partial charge in [0.05, 0.1) is 5.69 Å². The Kier molecular flexibility index (Phi) is 5.61. The molecule has 3 N–H and O–H groups in total. The molecule has 2 heterocycles. The van der Waals surface area contributed by atoms with E-state index in [1.165, 1.54) is 0 Å². The van der Waals surface area contributed by atoms with Crippen LogP contribution in [0.4, 0.5) is 16.2 Å². The van der Waals surface area contributed by atoms with E-state index in [1.807, 2.05) is 49.4 Å². The monoisotopic (exact) mass is 414 g/mol. The van der Waals surface area contributed by atoms with Gasteiger partial charge in [-0.15, -0.1) is 0 Å². The van der Waals surface area contributed by atoms with Crippen molar-refractivity contribution in [1.29, 1.82) is 0 Å². The summed E-state index contributed by atoms with van der Waals surface area (Å²) in [4.78, 5) is 29.3. The van der Waals surface area contributed by atoms with E-state index in [-0.39, 0.29) is 11.9 Å². The Balaban J connectivity index is 1.40. The lowest BCUT2D eigenvalue weighted by Gasteiger charge is -2.10. The number of carbonyl (C=O) groups is 2. The number of fused-ring (bicyclic) bond motifs is 1. The molecule has 0 aliphatic rings. The Morgan fingerprint density at radius 3 is 2.48 bits per heavy atom. The van der Waals surface area contributed by atoms with Gasteiger partial charge in [0.1, 0.15) is 5.56 Å². The van der Waals surface area contributed by atoms with Gasteiger partial charge in [-0.2, -0.15) is 5.10 Å². The summed E-state index contributed by atoms with van der Waals surface area (Å²) in [6, 6.07) is 16.3. The molecule has 4 rings (SSSR count). The van der Waals surface area contributed by atoms with Gasteiger partial charge in [0.15, 0.2) is 5.65 Å². The van der Waals surface area contributed by atoms with Crippen molar-refractivity contribution in [3.8, 4) is 0 Å². The fourth-order valence-corrected chi connectivity index (χ4v) is 3.31. The number of nitrogens with one attached hydrogen (secondary N) is 3. The summed E-state index contributed by atoms with van der Waals surface area (Å²) in [6.07, 6.45) is 3.38. The molecule has 0 spiro atoms. The second-order valence-electron chi connectivity index (χ2n) is 7.18. The standard InChI is InChI=1S/C23H22N6O2/c1-15-6-3-8-18(12-15)26-23(31)27-19-9-4-7-17(13-19)14-25-22(30)20-16(2)28-29-11-5-10-24-21(20)29/h3-13H,14H2,1-2H3,(H,25,30)(H2,26,27,31). The van der Waals surface area contributed by atoms with E-state index in [0.29, 0.717) is 29.1 Å². The van der Waals surface area contributed by atoms with Gasteiger partial charge in [0.25, 0.3) is 5.91 Å². The molecule has 0 saturated carbocycles. The molecule has 0 unspecified atom stereocenters. The van der Waals surface area contributed by atoms with Crippen molar-refractivity contribution >= 4 is 29.0 Å². The molecular weight excluding hydrogens is 392 g/mol. The average molecular weight is 414 g/mol. The number of aryl methyl sites for hydroxylation is 2. The van der Waals surface area contributed by atoms with Crippen LogP contribution >= 0.6 is 0 Å². The van der Waals surface area contributed by atoms with Gasteiger partial charge in [-0.25, -0.2) is 14.3 Å². The van der Waals surface area contributed by atoms with Crippen LogP contribution < -0.4 is 16.0 Å². The topological polar surface area (TPSA) is 100 Å². The third kappa shape index (κ3) is 4.69. The number of anilines is 2. The van der Waals surface area contributed by atoms with Crippen LogP contribution in [0.3, 0.4) is 0 Å². The number of urea groups is 1. The van der Waals surface area contributed by atoms with Crippen LogP contribution in [0.25, 0.3) is 5.65 Å². The maximum atomic E-state index is 12.7. The Bertz CT molecular complexity index is 1260. The fraction of sp³-hybridized carbons (Fsp3) is 0.130. The molecule has 0 saturated heterocycles. The first-order valence-electron chi connectivity index (χ1n) is 9.81. The molecule has 0 fully saturated rings. The minimum atomic E-state index is -0.333. The van der Waals surface area contributed by atoms with E-state index in [2.05, 4.69) is 26.0 Å². The molecule has 0 aliphatic carbocycles. The van der Waals surface area contributed by atoms with Crippen molar-refractivity contribution in [2.45, 2.75) is 20.4 Å². The highest BCUT2D eigenvalue weighted by Gasteiger charge is 2.17. The van der Waals surface area contributed by atoms with Crippen molar-refractivity contribution < 1.29 is 9.59 Å². The number of rotatable bonds is 5. The smallest absolute Gasteiger partial charge is 0.323 e. The summed E-state index contributed by atoms with van der Waals surface area (Å²) >= 11 is 0. The molecule has 0 radical (unpaired) electrons. The zero-order chi connectivity index (χ0) is 21.8. The van der Waals surface area contributed by atoms with Gasteiger partial charge in [0, 0.05) is 30.3 Å². The number of hydrogen-bond acceptors (Lipinski definition) is 4. The largest absolute Gasteiger partial charge is 0.348 e. The van der Waals surface area contributed by atoms with E-state index in [0.717, 1.165) is 16.8 Å². The first-order valence-corrected chi connectivity index (χ1v) is 9.81. The highest BCUT2D eigenvalue weighted by atomic mass is 16.2. The zero-order valence-electron chi connectivity index (χ0n) is 17.2. The van der Waals surface area contributed by atoms with Crippen molar-refractivity contribution in [1.82, 2.24) is 19.9 Å². The summed E-state index contributed by atoms with van der Waals surface area (Å²) in [7, 11) is 0. The predicted octanol–water partition coefficient (Wildman–Crippen LogP) is 3.92.